The van der Waals surface area contributed by atoms with Gasteiger partial charge in [0.2, 0.25) is 0 Å². The first-order chi connectivity index (χ1) is 16.6. The zero-order valence-corrected chi connectivity index (χ0v) is 20.3. The maximum absolute atomic E-state index is 12.2. The molecule has 2 unspecified atom stereocenters. The van der Waals surface area contributed by atoms with Crippen molar-refractivity contribution in [2.75, 3.05) is 13.2 Å². The summed E-state index contributed by atoms with van der Waals surface area (Å²) in [7, 11) is -10.9. The third-order valence-electron chi connectivity index (χ3n) is 5.35. The first kappa shape index (κ1) is 29.2. The molecule has 3 rings (SSSR count). The second-order valence-electron chi connectivity index (χ2n) is 8.03. The normalized spacial score (nSPS) is 36.3. The molecule has 0 saturated carbocycles. The molecule has 2 aliphatic rings. The molecule has 2 saturated heterocycles. The van der Waals surface area contributed by atoms with Crippen molar-refractivity contribution < 1.29 is 67.3 Å². The Hall–Kier alpha value is -1.34. The summed E-state index contributed by atoms with van der Waals surface area (Å²) >= 11 is 0. The van der Waals surface area contributed by atoms with Gasteiger partial charge in [-0.15, -0.1) is 0 Å². The van der Waals surface area contributed by atoms with E-state index in [9.17, 15) is 48.9 Å². The molecule has 0 amide bonds. The van der Waals surface area contributed by atoms with E-state index in [4.69, 9.17) is 14.6 Å². The molecular weight excluding hydrogens is 538 g/mol. The summed E-state index contributed by atoms with van der Waals surface area (Å²) in [6.45, 7) is -0.305. The fraction of sp³-hybridized carbons (Fsp3) is 0.750. The molecule has 0 radical (unpaired) electrons. The highest BCUT2D eigenvalue weighted by Crippen LogP contribution is 2.61. The van der Waals surface area contributed by atoms with Crippen LogP contribution in [0.1, 0.15) is 18.2 Å². The van der Waals surface area contributed by atoms with E-state index in [1.165, 1.54) is 13.1 Å². The first-order valence-corrected chi connectivity index (χ1v) is 13.3. The molecule has 2 fully saturated rings. The van der Waals surface area contributed by atoms with Gasteiger partial charge in [-0.05, 0) is 6.92 Å². The summed E-state index contributed by atoms with van der Waals surface area (Å²) in [6.07, 6.45) is -12.2. The number of ether oxygens (including phenoxy) is 2. The minimum atomic E-state index is -5.54. The van der Waals surface area contributed by atoms with Crippen molar-refractivity contribution in [3.8, 4) is 0 Å². The second kappa shape index (κ2) is 11.2. The predicted octanol–water partition coefficient (Wildman–Crippen LogP) is -3.46. The van der Waals surface area contributed by atoms with Crippen molar-refractivity contribution in [2.24, 2.45) is 0 Å². The minimum Gasteiger partial charge on any atom is -0.394 e. The number of phosphoric acid groups is 2. The quantitative estimate of drug-likeness (QED) is 0.135. The minimum absolute atomic E-state index is 0.172. The summed E-state index contributed by atoms with van der Waals surface area (Å²) in [5, 5.41) is 48.5. The highest BCUT2D eigenvalue weighted by atomic mass is 31.3. The predicted molar refractivity (Wildman–Crippen MR) is 112 cm³/mol. The lowest BCUT2D eigenvalue weighted by atomic mass is 10.00. The van der Waals surface area contributed by atoms with E-state index in [1.807, 2.05) is 0 Å². The summed E-state index contributed by atoms with van der Waals surface area (Å²) in [6, 6.07) is 0. The third-order valence-corrected chi connectivity index (χ3v) is 7.95. The van der Waals surface area contributed by atoms with Gasteiger partial charge < -0.3 is 44.8 Å². The molecule has 0 spiro atoms. The fourth-order valence-electron chi connectivity index (χ4n) is 3.46. The molecule has 0 aromatic carbocycles. The van der Waals surface area contributed by atoms with Crippen molar-refractivity contribution in [3.63, 3.8) is 0 Å². The van der Waals surface area contributed by atoms with E-state index in [0.717, 1.165) is 4.57 Å². The molecule has 8 N–H and O–H groups in total. The Morgan fingerprint density at radius 2 is 1.72 bits per heavy atom. The largest absolute Gasteiger partial charge is 0.483 e. The van der Waals surface area contributed by atoms with E-state index in [0.29, 0.717) is 0 Å². The first-order valence-electron chi connectivity index (χ1n) is 10.3. The molecule has 206 valence electrons. The molecular formula is C16H26N2O16P2. The number of aromatic nitrogens is 2. The summed E-state index contributed by atoms with van der Waals surface area (Å²) in [5.74, 6) is 0. The molecule has 1 aromatic heterocycles. The Kier molecular flexibility index (Phi) is 9.08. The molecule has 0 bridgehead atoms. The van der Waals surface area contributed by atoms with E-state index in [-0.39, 0.29) is 12.0 Å². The Balaban J connectivity index is 1.59. The smallest absolute Gasteiger partial charge is 0.394 e. The van der Waals surface area contributed by atoms with Gasteiger partial charge in [0.05, 0.1) is 19.3 Å². The second-order valence-corrected chi connectivity index (χ2v) is 11.0. The number of hydrogen-bond acceptors (Lipinski definition) is 14. The van der Waals surface area contributed by atoms with Crippen LogP contribution in [0.25, 0.3) is 0 Å². The van der Waals surface area contributed by atoms with Gasteiger partial charge in [-0.3, -0.25) is 23.4 Å². The van der Waals surface area contributed by atoms with Crippen molar-refractivity contribution in [2.45, 2.75) is 62.5 Å². The number of nitrogens with one attached hydrogen (secondary N) is 1. The topological polar surface area (TPSA) is 277 Å². The Labute approximate surface area is 201 Å². The van der Waals surface area contributed by atoms with Gasteiger partial charge in [0.25, 0.3) is 5.56 Å². The molecule has 1 aromatic rings. The SMILES string of the molecule is Cc1cn([C@H]2C[C@@H](O)[C@H](COP(=O)(O)OP(=O)(O)O[C@H]3O[C@@H](CO)[C@H](O)[C@@H](O)[C@@H]3O)O2)c(=O)[nH]c1=O. The van der Waals surface area contributed by atoms with Crippen molar-refractivity contribution in [3.05, 3.63) is 32.6 Å². The molecule has 3 heterocycles. The van der Waals surface area contributed by atoms with Gasteiger partial charge in [0.1, 0.15) is 36.7 Å². The summed E-state index contributed by atoms with van der Waals surface area (Å²) < 4.78 is 48.8. The lowest BCUT2D eigenvalue weighted by molar-refractivity contribution is -0.280. The average Bonchev–Trinajstić information content (AvgIpc) is 3.14. The van der Waals surface area contributed by atoms with Gasteiger partial charge in [0.15, 0.2) is 6.29 Å². The van der Waals surface area contributed by atoms with Crippen molar-refractivity contribution in [1.82, 2.24) is 9.55 Å². The van der Waals surface area contributed by atoms with Crippen LogP contribution in [0.5, 0.6) is 0 Å². The standard InChI is InChI=1S/C16H26N2O16P2/c1-6-3-18(16(25)17-14(6)24)10-2-7(20)9(31-10)5-30-35(26,27)34-36(28,29)33-15-13(23)12(22)11(21)8(4-19)32-15/h3,7-13,15,19-23H,2,4-5H2,1H3,(H,26,27)(H,28,29)(H,17,24,25)/t7-,8+,9+,10-,11+,12-,13+,15-/m1/s1. The highest BCUT2D eigenvalue weighted by molar-refractivity contribution is 7.61. The zero-order valence-electron chi connectivity index (χ0n) is 18.5. The van der Waals surface area contributed by atoms with Gasteiger partial charge in [-0.2, -0.15) is 4.31 Å². The number of aromatic amines is 1. The van der Waals surface area contributed by atoms with Crippen LogP contribution in [0.4, 0.5) is 0 Å². The molecule has 0 aliphatic carbocycles. The van der Waals surface area contributed by atoms with Crippen LogP contribution >= 0.6 is 15.6 Å². The van der Waals surface area contributed by atoms with Crippen molar-refractivity contribution >= 4 is 15.6 Å². The molecule has 2 aliphatic heterocycles. The van der Waals surface area contributed by atoms with Gasteiger partial charge in [-0.1, -0.05) is 0 Å². The Bertz CT molecular complexity index is 1140. The maximum atomic E-state index is 12.2. The molecule has 20 heteroatoms. The molecule has 36 heavy (non-hydrogen) atoms. The van der Waals surface area contributed by atoms with E-state index in [2.05, 4.69) is 18.3 Å². The monoisotopic (exact) mass is 564 g/mol. The average molecular weight is 564 g/mol. The number of rotatable bonds is 9. The summed E-state index contributed by atoms with van der Waals surface area (Å²) in [4.78, 5) is 45.2. The lowest BCUT2D eigenvalue weighted by Gasteiger charge is -2.39. The number of hydrogen-bond donors (Lipinski definition) is 8. The van der Waals surface area contributed by atoms with E-state index >= 15 is 0 Å². The molecule has 10 atom stereocenters. The van der Waals surface area contributed by atoms with Gasteiger partial charge in [0, 0.05) is 18.2 Å². The van der Waals surface area contributed by atoms with Crippen molar-refractivity contribution in [1.29, 1.82) is 0 Å². The molecule has 18 nitrogen and oxygen atoms in total. The van der Waals surface area contributed by atoms with Crippen LogP contribution in [0.15, 0.2) is 15.8 Å². The number of H-pyrrole nitrogens is 1. The van der Waals surface area contributed by atoms with Crippen LogP contribution in [0.2, 0.25) is 0 Å². The summed E-state index contributed by atoms with van der Waals surface area (Å²) in [5.41, 5.74) is -1.27. The van der Waals surface area contributed by atoms with E-state index < -0.39 is 89.2 Å². The van der Waals surface area contributed by atoms with Crippen LogP contribution in [-0.2, 0) is 32.0 Å². The number of nitrogens with zero attached hydrogens (tertiary/aromatic N) is 1. The number of aryl methyl sites for hydroxylation is 1. The van der Waals surface area contributed by atoms with Crippen LogP contribution in [0.3, 0.4) is 0 Å². The van der Waals surface area contributed by atoms with Crippen LogP contribution in [-0.4, -0.2) is 101 Å². The lowest BCUT2D eigenvalue weighted by Crippen LogP contribution is -2.58. The highest BCUT2D eigenvalue weighted by Gasteiger charge is 2.48. The Morgan fingerprint density at radius 1 is 1.06 bits per heavy atom. The number of aliphatic hydroxyl groups excluding tert-OH is 5. The van der Waals surface area contributed by atoms with E-state index in [1.54, 1.807) is 0 Å². The van der Waals surface area contributed by atoms with Gasteiger partial charge in [-0.25, -0.2) is 13.9 Å². The van der Waals surface area contributed by atoms with Crippen LogP contribution < -0.4 is 11.2 Å². The number of aliphatic hydroxyl groups is 5. The number of phosphoric ester groups is 2. The van der Waals surface area contributed by atoms with Gasteiger partial charge >= 0.3 is 21.3 Å². The third kappa shape index (κ3) is 6.75. The zero-order chi connectivity index (χ0) is 27.0. The Morgan fingerprint density at radius 3 is 2.36 bits per heavy atom. The fourth-order valence-corrected chi connectivity index (χ4v) is 5.62. The maximum Gasteiger partial charge on any atom is 0.483 e. The van der Waals surface area contributed by atoms with Crippen LogP contribution in [0, 0.1) is 6.92 Å².